The minimum absolute atomic E-state index is 0.00989. The lowest BCUT2D eigenvalue weighted by Crippen LogP contribution is -2.29. The first-order valence-corrected chi connectivity index (χ1v) is 35.8. The van der Waals surface area contributed by atoms with Gasteiger partial charge in [-0.25, -0.2) is 45.5 Å². The summed E-state index contributed by atoms with van der Waals surface area (Å²) in [6, 6.07) is 38.5. The van der Waals surface area contributed by atoms with Gasteiger partial charge in [0, 0.05) is 52.6 Å². The number of esters is 1. The number of amides is 2. The van der Waals surface area contributed by atoms with Crippen LogP contribution in [-0.4, -0.2) is 48.8 Å². The van der Waals surface area contributed by atoms with Gasteiger partial charge in [0.1, 0.15) is 11.4 Å². The van der Waals surface area contributed by atoms with Gasteiger partial charge in [0.2, 0.25) is 36.0 Å². The first-order chi connectivity index (χ1) is 43.5. The molecule has 3 heterocycles. The summed E-state index contributed by atoms with van der Waals surface area (Å²) >= 11 is 0. The molecule has 12 rings (SSSR count). The van der Waals surface area contributed by atoms with E-state index in [0.29, 0.717) is 24.3 Å². The van der Waals surface area contributed by atoms with E-state index in [0.717, 1.165) is 75.4 Å². The highest BCUT2D eigenvalue weighted by molar-refractivity contribution is 7.89. The summed E-state index contributed by atoms with van der Waals surface area (Å²) in [6.07, 6.45) is 15.9. The van der Waals surface area contributed by atoms with Crippen molar-refractivity contribution in [1.82, 2.24) is 0 Å². The van der Waals surface area contributed by atoms with Crippen molar-refractivity contribution in [2.24, 2.45) is 44.0 Å². The molecule has 2 amide bonds. The molecule has 9 atom stereocenters. The van der Waals surface area contributed by atoms with Crippen LogP contribution < -0.4 is 46.7 Å². The molecule has 0 saturated carbocycles. The molecule has 0 aromatic heterocycles. The Morgan fingerprint density at radius 3 is 1.12 bits per heavy atom. The molecule has 6 aromatic carbocycles. The number of carbonyl (C=O) groups is 3. The van der Waals surface area contributed by atoms with Crippen LogP contribution in [0.3, 0.4) is 0 Å². The topological polar surface area (TPSA) is 310 Å². The molecule has 492 valence electrons. The first kappa shape index (κ1) is 67.8. The van der Waals surface area contributed by atoms with Gasteiger partial charge in [-0.2, -0.15) is 0 Å². The van der Waals surface area contributed by atoms with Crippen LogP contribution in [0.5, 0.6) is 5.75 Å². The van der Waals surface area contributed by atoms with Gasteiger partial charge in [0.25, 0.3) is 0 Å². The highest BCUT2D eigenvalue weighted by Crippen LogP contribution is 2.53. The first-order valence-electron chi connectivity index (χ1n) is 31.1. The predicted molar refractivity (Wildman–Crippen MR) is 364 cm³/mol. The van der Waals surface area contributed by atoms with Crippen molar-refractivity contribution in [3.05, 3.63) is 197 Å². The Labute approximate surface area is 546 Å². The van der Waals surface area contributed by atoms with Crippen molar-refractivity contribution in [3.63, 3.8) is 0 Å². The van der Waals surface area contributed by atoms with Crippen LogP contribution in [0.25, 0.3) is 0 Å². The summed E-state index contributed by atoms with van der Waals surface area (Å²) in [6.45, 7) is 17.6. The third-order valence-corrected chi connectivity index (χ3v) is 20.0. The number of anilines is 5. The maximum atomic E-state index is 12.2. The SMILES string of the molecule is CC(C)(C)CC(=O)Nc1ccc([C@H]2Nc3ccc(S(N)(=O)=O)cc3[C@H]3C=CC[C@H]32)cc1.CC(C)(C)CC(=O)Oc1ccc([C@H]2Nc3ccc(S(N)(=O)=O)cc3[C@H]3C=CC[C@H]32)cc1.CC(C)(C)OC(=O)Nc1ccc([C@H]2Nc3ccc(S(N)(=O)=O)cc3[C@H]3C=CC[C@H]32)cc1. The van der Waals surface area contributed by atoms with Crippen molar-refractivity contribution in [2.75, 3.05) is 26.6 Å². The average molecular weight is 1320 g/mol. The third kappa shape index (κ3) is 16.6. The van der Waals surface area contributed by atoms with Gasteiger partial charge in [-0.1, -0.05) is 114 Å². The second kappa shape index (κ2) is 26.3. The normalized spacial score (nSPS) is 22.3. The fourth-order valence-electron chi connectivity index (χ4n) is 13.2. The van der Waals surface area contributed by atoms with Crippen LogP contribution in [0.4, 0.5) is 33.2 Å². The van der Waals surface area contributed by atoms with E-state index < -0.39 is 41.8 Å². The van der Waals surface area contributed by atoms with E-state index in [9.17, 15) is 39.6 Å². The summed E-state index contributed by atoms with van der Waals surface area (Å²) < 4.78 is 81.5. The fraction of sp³-hybridized carbons (Fsp3) is 0.366. The highest BCUT2D eigenvalue weighted by atomic mass is 32.2. The molecule has 0 spiro atoms. The quantitative estimate of drug-likeness (QED) is 0.0340. The van der Waals surface area contributed by atoms with E-state index in [1.54, 1.807) is 42.5 Å². The van der Waals surface area contributed by atoms with Gasteiger partial charge in [-0.05, 0) is 193 Å². The van der Waals surface area contributed by atoms with E-state index in [4.69, 9.17) is 24.9 Å². The van der Waals surface area contributed by atoms with Crippen molar-refractivity contribution in [3.8, 4) is 5.75 Å². The Balaban J connectivity index is 0.000000153. The van der Waals surface area contributed by atoms with Crippen LogP contribution >= 0.6 is 0 Å². The number of hydrogen-bond donors (Lipinski definition) is 8. The van der Waals surface area contributed by atoms with Crippen LogP contribution in [0.1, 0.15) is 164 Å². The van der Waals surface area contributed by atoms with Crippen molar-refractivity contribution >= 4 is 76.5 Å². The van der Waals surface area contributed by atoms with E-state index >= 15 is 0 Å². The minimum Gasteiger partial charge on any atom is -0.444 e. The largest absolute Gasteiger partial charge is 0.444 e. The Morgan fingerprint density at radius 1 is 0.462 bits per heavy atom. The van der Waals surface area contributed by atoms with Gasteiger partial charge in [0.05, 0.1) is 39.2 Å². The Bertz CT molecular complexity index is 3830. The molecule has 11 N–H and O–H groups in total. The van der Waals surface area contributed by atoms with E-state index in [1.165, 1.54) is 12.1 Å². The molecule has 0 radical (unpaired) electrons. The lowest BCUT2D eigenvalue weighted by atomic mass is 9.77. The van der Waals surface area contributed by atoms with Crippen LogP contribution in [0.15, 0.2) is 179 Å². The number of carbonyl (C=O) groups excluding carboxylic acids is 3. The average Bonchev–Trinajstić information content (AvgIpc) is 1.75. The molecule has 93 heavy (non-hydrogen) atoms. The number of fused-ring (bicyclic) bond motifs is 9. The fourth-order valence-corrected chi connectivity index (χ4v) is 14.9. The smallest absolute Gasteiger partial charge is 0.412 e. The van der Waals surface area contributed by atoms with Gasteiger partial charge < -0.3 is 30.7 Å². The molecule has 22 heteroatoms. The number of allylic oxidation sites excluding steroid dienone is 6. The number of nitrogens with one attached hydrogen (secondary N) is 5. The zero-order valence-electron chi connectivity index (χ0n) is 53.8. The molecule has 19 nitrogen and oxygen atoms in total. The minimum atomic E-state index is -3.75. The Hall–Kier alpha value is -8.12. The van der Waals surface area contributed by atoms with Gasteiger partial charge in [-0.15, -0.1) is 0 Å². The number of nitrogens with two attached hydrogens (primary N) is 3. The van der Waals surface area contributed by atoms with E-state index in [1.807, 2.05) is 135 Å². The van der Waals surface area contributed by atoms with Crippen LogP contribution in [0.2, 0.25) is 0 Å². The summed E-state index contributed by atoms with van der Waals surface area (Å²) in [5.74, 6) is 1.47. The monoisotopic (exact) mass is 1320 g/mol. The number of primary sulfonamides is 3. The highest BCUT2D eigenvalue weighted by Gasteiger charge is 2.41. The number of benzene rings is 6. The Kier molecular flexibility index (Phi) is 19.2. The summed E-state index contributed by atoms with van der Waals surface area (Å²) in [4.78, 5) is 36.7. The molecule has 0 bridgehead atoms. The molecule has 3 aliphatic heterocycles. The van der Waals surface area contributed by atoms with Crippen LogP contribution in [-0.2, 0) is 44.4 Å². The van der Waals surface area contributed by atoms with E-state index in [-0.39, 0.29) is 91.0 Å². The molecule has 6 aromatic rings. The molecule has 6 aliphatic rings. The summed E-state index contributed by atoms with van der Waals surface area (Å²) in [7, 11) is -11.2. The second-order valence-electron chi connectivity index (χ2n) is 28.2. The molecule has 0 unspecified atom stereocenters. The molecule has 3 aliphatic carbocycles. The number of ether oxygens (including phenoxy) is 2. The van der Waals surface area contributed by atoms with Crippen molar-refractivity contribution in [2.45, 2.75) is 151 Å². The zero-order valence-corrected chi connectivity index (χ0v) is 56.2. The second-order valence-corrected chi connectivity index (χ2v) is 32.9. The molecule has 0 fully saturated rings. The zero-order chi connectivity index (χ0) is 67.2. The predicted octanol–water partition coefficient (Wildman–Crippen LogP) is 13.5. The number of hydrogen-bond acceptors (Lipinski definition) is 14. The Morgan fingerprint density at radius 2 is 0.796 bits per heavy atom. The molecular formula is C71H84N8O11S3. The van der Waals surface area contributed by atoms with Gasteiger partial charge >= 0.3 is 12.1 Å². The molecule has 0 saturated heterocycles. The van der Waals surface area contributed by atoms with Crippen LogP contribution in [0, 0.1) is 28.6 Å². The maximum absolute atomic E-state index is 12.2. The van der Waals surface area contributed by atoms with Gasteiger partial charge in [-0.3, -0.25) is 14.9 Å². The lowest BCUT2D eigenvalue weighted by molar-refractivity contribution is -0.136. The summed E-state index contributed by atoms with van der Waals surface area (Å²) in [5.41, 5.74) is 9.63. The van der Waals surface area contributed by atoms with Crippen molar-refractivity contribution < 1.29 is 49.1 Å². The number of rotatable bonds is 11. The third-order valence-electron chi connectivity index (χ3n) is 17.3. The van der Waals surface area contributed by atoms with Crippen molar-refractivity contribution in [1.29, 1.82) is 0 Å². The maximum Gasteiger partial charge on any atom is 0.412 e. The van der Waals surface area contributed by atoms with Gasteiger partial charge in [0.15, 0.2) is 0 Å². The molecular weight excluding hydrogens is 1240 g/mol. The standard InChI is InChI=1S/C24H29N3O3S.C24H28N2O4S.C23H27N3O4S/c1-24(2,3)14-22(28)26-16-9-7-15(8-10-16)23-19-6-4-5-18(19)20-13-17(31(25,29)30)11-12-21(20)27-23;1-24(2,3)14-22(27)30-16-9-7-15(8-10-16)23-19-6-4-5-18(19)20-13-17(31(25,28)29)11-12-21(20)26-23;1-23(2,3)30-22(27)25-15-9-7-14(8-10-15)21-18-6-4-5-17(18)19-13-16(31(24,28)29)11-12-20(19)26-21/h4-5,7-13,18-19,23,27H,6,14H2,1-3H3,(H,26,28)(H2,25,29,30);4-5,7-13,18-19,23,26H,6,14H2,1-3H3,(H2,25,28,29);4-5,7-13,17-18,21,26H,6H2,1-3H3,(H,25,27)(H2,24,28,29)/t2*18-,19+,23+;17-,18+,21+/m000/s1. The summed E-state index contributed by atoms with van der Waals surface area (Å²) in [5, 5.41) is 32.4. The lowest BCUT2D eigenvalue weighted by Gasteiger charge is -2.37. The number of sulfonamides is 3. The van der Waals surface area contributed by atoms with E-state index in [2.05, 4.69) is 63.0 Å².